The molecular weight excluding hydrogens is 282 g/mol. The Morgan fingerprint density at radius 1 is 1.33 bits per heavy atom. The molecule has 0 unspecified atom stereocenters. The normalized spacial score (nSPS) is 11.1. The van der Waals surface area contributed by atoms with Crippen LogP contribution in [0.15, 0.2) is 24.3 Å². The molecule has 0 saturated carbocycles. The second-order valence-electron chi connectivity index (χ2n) is 5.31. The van der Waals surface area contributed by atoms with Crippen molar-refractivity contribution in [3.8, 4) is 5.75 Å². The Labute approximate surface area is 130 Å². The van der Waals surface area contributed by atoms with Crippen molar-refractivity contribution in [3.63, 3.8) is 0 Å². The summed E-state index contributed by atoms with van der Waals surface area (Å²) in [4.78, 5) is 5.54. The van der Waals surface area contributed by atoms with Gasteiger partial charge in [-0.2, -0.15) is 0 Å². The van der Waals surface area contributed by atoms with Gasteiger partial charge in [0.2, 0.25) is 0 Å². The standard InChI is InChI=1S/C17H23NO2S/c1-4-15-16(11-19)21-17(18-15)8-9-20-14-7-5-6-13(10-14)12(2)3/h5-7,10,12,19H,4,8-9,11H2,1-3H3. The lowest BCUT2D eigenvalue weighted by atomic mass is 10.0. The van der Waals surface area contributed by atoms with Gasteiger partial charge < -0.3 is 9.84 Å². The zero-order valence-electron chi connectivity index (χ0n) is 12.9. The smallest absolute Gasteiger partial charge is 0.119 e. The van der Waals surface area contributed by atoms with Crippen LogP contribution in [-0.2, 0) is 19.4 Å². The molecule has 0 bridgehead atoms. The molecule has 0 saturated heterocycles. The molecule has 2 rings (SSSR count). The molecule has 21 heavy (non-hydrogen) atoms. The van der Waals surface area contributed by atoms with Gasteiger partial charge in [0.1, 0.15) is 5.75 Å². The third-order valence-corrected chi connectivity index (χ3v) is 4.55. The van der Waals surface area contributed by atoms with E-state index < -0.39 is 0 Å². The Balaban J connectivity index is 1.92. The van der Waals surface area contributed by atoms with Gasteiger partial charge in [0.15, 0.2) is 0 Å². The van der Waals surface area contributed by atoms with Gasteiger partial charge in [0, 0.05) is 6.42 Å². The van der Waals surface area contributed by atoms with Crippen LogP contribution in [0.5, 0.6) is 5.75 Å². The summed E-state index contributed by atoms with van der Waals surface area (Å²) < 4.78 is 5.82. The van der Waals surface area contributed by atoms with E-state index in [4.69, 9.17) is 4.74 Å². The molecule has 1 aromatic carbocycles. The van der Waals surface area contributed by atoms with Crippen molar-refractivity contribution >= 4 is 11.3 Å². The number of ether oxygens (including phenoxy) is 1. The zero-order valence-corrected chi connectivity index (χ0v) is 13.7. The molecule has 1 aromatic heterocycles. The van der Waals surface area contributed by atoms with Crippen LogP contribution in [0, 0.1) is 0 Å². The summed E-state index contributed by atoms with van der Waals surface area (Å²) in [7, 11) is 0. The van der Waals surface area contributed by atoms with Gasteiger partial charge in [0.25, 0.3) is 0 Å². The molecule has 4 heteroatoms. The Kier molecular flexibility index (Phi) is 5.76. The van der Waals surface area contributed by atoms with E-state index in [-0.39, 0.29) is 6.61 Å². The van der Waals surface area contributed by atoms with E-state index in [9.17, 15) is 5.11 Å². The molecule has 0 fully saturated rings. The fourth-order valence-corrected chi connectivity index (χ4v) is 3.16. The second kappa shape index (κ2) is 7.57. The van der Waals surface area contributed by atoms with E-state index in [1.54, 1.807) is 11.3 Å². The number of aryl methyl sites for hydroxylation is 1. The second-order valence-corrected chi connectivity index (χ2v) is 6.48. The van der Waals surface area contributed by atoms with E-state index in [0.717, 1.165) is 34.2 Å². The summed E-state index contributed by atoms with van der Waals surface area (Å²) in [6.45, 7) is 7.11. The van der Waals surface area contributed by atoms with E-state index >= 15 is 0 Å². The van der Waals surface area contributed by atoms with E-state index in [1.165, 1.54) is 5.56 Å². The SMILES string of the molecule is CCc1nc(CCOc2cccc(C(C)C)c2)sc1CO. The molecule has 0 atom stereocenters. The van der Waals surface area contributed by atoms with Crippen LogP contribution in [0.25, 0.3) is 0 Å². The van der Waals surface area contributed by atoms with Crippen LogP contribution >= 0.6 is 11.3 Å². The first-order chi connectivity index (χ1) is 10.1. The number of aromatic nitrogens is 1. The van der Waals surface area contributed by atoms with Crippen LogP contribution in [0.4, 0.5) is 0 Å². The van der Waals surface area contributed by atoms with Crippen molar-refractivity contribution < 1.29 is 9.84 Å². The van der Waals surface area contributed by atoms with Crippen LogP contribution < -0.4 is 4.74 Å². The highest BCUT2D eigenvalue weighted by molar-refractivity contribution is 7.11. The number of rotatable bonds is 7. The molecule has 0 radical (unpaired) electrons. The predicted molar refractivity (Wildman–Crippen MR) is 87.1 cm³/mol. The first-order valence-electron chi connectivity index (χ1n) is 7.45. The molecule has 0 aliphatic carbocycles. The monoisotopic (exact) mass is 305 g/mol. The summed E-state index contributed by atoms with van der Waals surface area (Å²) in [6, 6.07) is 8.25. The summed E-state index contributed by atoms with van der Waals surface area (Å²) in [5.41, 5.74) is 2.30. The van der Waals surface area contributed by atoms with Gasteiger partial charge in [-0.25, -0.2) is 4.98 Å². The number of nitrogens with zero attached hydrogens (tertiary/aromatic N) is 1. The molecule has 3 nitrogen and oxygen atoms in total. The number of aliphatic hydroxyl groups excluding tert-OH is 1. The van der Waals surface area contributed by atoms with Crippen molar-refractivity contribution in [1.82, 2.24) is 4.98 Å². The molecule has 1 heterocycles. The third kappa shape index (κ3) is 4.29. The van der Waals surface area contributed by atoms with Crippen LogP contribution in [0.1, 0.15) is 47.8 Å². The maximum Gasteiger partial charge on any atom is 0.119 e. The van der Waals surface area contributed by atoms with Crippen LogP contribution in [-0.4, -0.2) is 16.7 Å². The highest BCUT2D eigenvalue weighted by Crippen LogP contribution is 2.22. The van der Waals surface area contributed by atoms with Crippen molar-refractivity contribution in [3.05, 3.63) is 45.4 Å². The van der Waals surface area contributed by atoms with Gasteiger partial charge in [-0.15, -0.1) is 11.3 Å². The fraction of sp³-hybridized carbons (Fsp3) is 0.471. The molecule has 0 aliphatic heterocycles. The van der Waals surface area contributed by atoms with E-state index in [2.05, 4.69) is 37.9 Å². The molecule has 0 amide bonds. The number of hydrogen-bond acceptors (Lipinski definition) is 4. The van der Waals surface area contributed by atoms with Crippen LogP contribution in [0.3, 0.4) is 0 Å². The van der Waals surface area contributed by atoms with E-state index in [0.29, 0.717) is 12.5 Å². The lowest BCUT2D eigenvalue weighted by Crippen LogP contribution is -2.01. The van der Waals surface area contributed by atoms with Crippen molar-refractivity contribution in [2.24, 2.45) is 0 Å². The maximum atomic E-state index is 9.29. The summed E-state index contributed by atoms with van der Waals surface area (Å²) in [5, 5.41) is 10.3. The average molecular weight is 305 g/mol. The first-order valence-corrected chi connectivity index (χ1v) is 8.26. The Morgan fingerprint density at radius 2 is 2.14 bits per heavy atom. The quantitative estimate of drug-likeness (QED) is 0.842. The third-order valence-electron chi connectivity index (χ3n) is 3.41. The Hall–Kier alpha value is -1.39. The Morgan fingerprint density at radius 3 is 2.76 bits per heavy atom. The predicted octanol–water partition coefficient (Wildman–Crippen LogP) is 3.94. The highest BCUT2D eigenvalue weighted by atomic mass is 32.1. The molecule has 2 aromatic rings. The summed E-state index contributed by atoms with van der Waals surface area (Å²) in [5.74, 6) is 1.42. The minimum absolute atomic E-state index is 0.0815. The Bertz CT molecular complexity index is 556. The maximum absolute atomic E-state index is 9.29. The van der Waals surface area contributed by atoms with Gasteiger partial charge in [-0.05, 0) is 30.0 Å². The largest absolute Gasteiger partial charge is 0.493 e. The summed E-state index contributed by atoms with van der Waals surface area (Å²) in [6.07, 6.45) is 1.65. The van der Waals surface area contributed by atoms with Crippen molar-refractivity contribution in [2.75, 3.05) is 6.61 Å². The minimum atomic E-state index is 0.0815. The average Bonchev–Trinajstić information content (AvgIpc) is 2.90. The van der Waals surface area contributed by atoms with Crippen molar-refractivity contribution in [2.45, 2.75) is 46.1 Å². The molecule has 1 N–H and O–H groups in total. The fourth-order valence-electron chi connectivity index (χ4n) is 2.16. The van der Waals surface area contributed by atoms with Gasteiger partial charge in [0.05, 0.1) is 28.8 Å². The minimum Gasteiger partial charge on any atom is -0.493 e. The topological polar surface area (TPSA) is 42.4 Å². The molecule has 0 aliphatic rings. The number of benzene rings is 1. The molecule has 0 spiro atoms. The lowest BCUT2D eigenvalue weighted by molar-refractivity contribution is 0.284. The highest BCUT2D eigenvalue weighted by Gasteiger charge is 2.09. The van der Waals surface area contributed by atoms with Gasteiger partial charge in [-0.3, -0.25) is 0 Å². The number of aliphatic hydroxyl groups is 1. The molecular formula is C17H23NO2S. The van der Waals surface area contributed by atoms with Crippen molar-refractivity contribution in [1.29, 1.82) is 0 Å². The van der Waals surface area contributed by atoms with Gasteiger partial charge >= 0.3 is 0 Å². The first kappa shape index (κ1) is 16.0. The number of thiazole rings is 1. The molecule has 114 valence electrons. The number of hydrogen-bond donors (Lipinski definition) is 1. The van der Waals surface area contributed by atoms with Crippen LogP contribution in [0.2, 0.25) is 0 Å². The lowest BCUT2D eigenvalue weighted by Gasteiger charge is -2.09. The zero-order chi connectivity index (χ0) is 15.2. The van der Waals surface area contributed by atoms with E-state index in [1.807, 2.05) is 12.1 Å². The summed E-state index contributed by atoms with van der Waals surface area (Å²) >= 11 is 1.59. The van der Waals surface area contributed by atoms with Gasteiger partial charge in [-0.1, -0.05) is 32.9 Å².